The van der Waals surface area contributed by atoms with Crippen LogP contribution in [-0.2, 0) is 13.1 Å². The molecule has 0 bridgehead atoms. The normalized spacial score (nSPS) is 16.1. The Morgan fingerprint density at radius 3 is 1.30 bits per heavy atom. The van der Waals surface area contributed by atoms with E-state index < -0.39 is 0 Å². The summed E-state index contributed by atoms with van der Waals surface area (Å²) < 4.78 is 6.79. The molecular weight excluding hydrogens is 689 g/mol. The van der Waals surface area contributed by atoms with Crippen molar-refractivity contribution in [2.45, 2.75) is 42.1 Å². The number of anilines is 2. The van der Waals surface area contributed by atoms with Crippen molar-refractivity contribution in [2.75, 3.05) is 78.3 Å². The van der Waals surface area contributed by atoms with Gasteiger partial charge in [0.1, 0.15) is 0 Å². The molecule has 6 rings (SSSR count). The predicted octanol–water partition coefficient (Wildman–Crippen LogP) is 8.48. The lowest BCUT2D eigenvalue weighted by atomic mass is 10.2. The van der Waals surface area contributed by atoms with E-state index >= 15 is 0 Å². The summed E-state index contributed by atoms with van der Waals surface area (Å²) in [6.45, 7) is 6.91. The lowest BCUT2D eigenvalue weighted by Crippen LogP contribution is -2.47. The van der Waals surface area contributed by atoms with E-state index in [2.05, 4.69) is 195 Å². The minimum absolute atomic E-state index is 1.05. The average molecular weight is 747 g/mol. The zero-order valence-corrected chi connectivity index (χ0v) is 34.2. The molecule has 0 fully saturated rings. The average Bonchev–Trinajstić information content (AvgIpc) is 3.64. The highest BCUT2D eigenvalue weighted by Crippen LogP contribution is 2.45. The summed E-state index contributed by atoms with van der Waals surface area (Å²) >= 11 is 3.66. The Labute approximate surface area is 327 Å². The maximum absolute atomic E-state index is 2.39. The first-order valence-electron chi connectivity index (χ1n) is 19.0. The number of fused-ring (bicyclic) bond motifs is 2. The van der Waals surface area contributed by atoms with Crippen molar-refractivity contribution in [2.24, 2.45) is 0 Å². The number of para-hydroxylation sites is 2. The van der Waals surface area contributed by atoms with E-state index in [1.165, 1.54) is 87.8 Å². The molecule has 0 unspecified atom stereocenters. The van der Waals surface area contributed by atoms with E-state index in [1.54, 1.807) is 0 Å². The molecule has 2 aliphatic rings. The monoisotopic (exact) mass is 746 g/mol. The summed E-state index contributed by atoms with van der Waals surface area (Å²) in [6.07, 6.45) is 25.6. The van der Waals surface area contributed by atoms with Crippen LogP contribution < -0.4 is 18.9 Å². The van der Waals surface area contributed by atoms with Gasteiger partial charge in [0, 0.05) is 54.6 Å². The number of rotatable bonds is 16. The Bertz CT molecular complexity index is 1800. The number of hydrogen-bond acceptors (Lipinski definition) is 4. The predicted molar refractivity (Wildman–Crippen MR) is 226 cm³/mol. The summed E-state index contributed by atoms with van der Waals surface area (Å²) in [4.78, 5) is 7.16. The van der Waals surface area contributed by atoms with Crippen LogP contribution in [0.3, 0.4) is 0 Å². The smallest absolute Gasteiger partial charge is 0.169 e. The highest BCUT2D eigenvalue weighted by molar-refractivity contribution is 8.04. The third kappa shape index (κ3) is 11.0. The maximum atomic E-state index is 2.39. The zero-order chi connectivity index (χ0) is 37.3. The second-order valence-electron chi connectivity index (χ2n) is 15.6. The number of quaternary nitrogens is 2. The van der Waals surface area contributed by atoms with Crippen LogP contribution in [0.2, 0.25) is 0 Å². The van der Waals surface area contributed by atoms with Gasteiger partial charge < -0.3 is 18.8 Å². The summed E-state index contributed by atoms with van der Waals surface area (Å²) in [5, 5.41) is 2.51. The van der Waals surface area contributed by atoms with E-state index in [0.29, 0.717) is 0 Å². The molecule has 53 heavy (non-hydrogen) atoms. The van der Waals surface area contributed by atoms with Crippen LogP contribution in [-0.4, -0.2) is 77.4 Å². The highest BCUT2D eigenvalue weighted by atomic mass is 32.2. The number of pyridine rings is 2. The fraction of sp³-hybridized carbons (Fsp3) is 0.333. The van der Waals surface area contributed by atoms with Gasteiger partial charge in [-0.3, -0.25) is 0 Å². The van der Waals surface area contributed by atoms with Gasteiger partial charge in [-0.05, 0) is 47.5 Å². The topological polar surface area (TPSA) is 14.2 Å². The Balaban J connectivity index is 0.850. The summed E-state index contributed by atoms with van der Waals surface area (Å²) in [5.41, 5.74) is 5.02. The van der Waals surface area contributed by atoms with Gasteiger partial charge >= 0.3 is 0 Å². The first kappa shape index (κ1) is 38.6. The van der Waals surface area contributed by atoms with Crippen LogP contribution >= 0.6 is 23.5 Å². The number of thioether (sulfide) groups is 2. The largest absolute Gasteiger partial charge is 0.338 e. The quantitative estimate of drug-likeness (QED) is 0.0844. The van der Waals surface area contributed by atoms with Crippen molar-refractivity contribution in [3.63, 3.8) is 0 Å². The molecule has 8 heteroatoms. The number of nitrogens with zero attached hydrogens (tertiary/aromatic N) is 6. The Morgan fingerprint density at radius 1 is 0.528 bits per heavy atom. The van der Waals surface area contributed by atoms with Gasteiger partial charge in [0.05, 0.1) is 88.6 Å². The van der Waals surface area contributed by atoms with Crippen LogP contribution in [0.15, 0.2) is 142 Å². The van der Waals surface area contributed by atoms with Gasteiger partial charge in [0.25, 0.3) is 0 Å². The number of allylic oxidation sites excluding steroid dienone is 4. The van der Waals surface area contributed by atoms with Crippen molar-refractivity contribution in [1.82, 2.24) is 0 Å². The molecule has 0 atom stereocenters. The third-order valence-electron chi connectivity index (χ3n) is 10.3. The minimum atomic E-state index is 1.05. The Morgan fingerprint density at radius 2 is 0.906 bits per heavy atom. The van der Waals surface area contributed by atoms with Crippen LogP contribution in [0, 0.1) is 0 Å². The summed E-state index contributed by atoms with van der Waals surface area (Å²) in [5.74, 6) is 0. The van der Waals surface area contributed by atoms with E-state index in [0.717, 1.165) is 22.1 Å². The third-order valence-corrected chi connectivity index (χ3v) is 12.7. The summed E-state index contributed by atoms with van der Waals surface area (Å²) in [7, 11) is 13.8. The zero-order valence-electron chi connectivity index (χ0n) is 32.6. The number of hydrogen-bond donors (Lipinski definition) is 0. The fourth-order valence-corrected chi connectivity index (χ4v) is 9.11. The Hall–Kier alpha value is -4.08. The van der Waals surface area contributed by atoms with Crippen LogP contribution in [0.4, 0.5) is 11.4 Å². The maximum Gasteiger partial charge on any atom is 0.169 e. The number of benzene rings is 2. The van der Waals surface area contributed by atoms with Crippen molar-refractivity contribution >= 4 is 47.1 Å². The van der Waals surface area contributed by atoms with Gasteiger partial charge in [-0.15, -0.1) is 0 Å². The Kier molecular flexibility index (Phi) is 13.0. The first-order valence-corrected chi connectivity index (χ1v) is 20.6. The second kappa shape index (κ2) is 17.8. The SMILES string of the molecule is CN1C(=CC=Cc2cc[n+](CCC[N+](C)(C)CCC[N+](C)(C)CCC[n+]3ccc(C=CC=C4Sc5ccccc5N4C)cc3)cc2)Sc2ccccc21. The molecule has 2 aliphatic heterocycles. The molecule has 0 spiro atoms. The van der Waals surface area contributed by atoms with E-state index in [-0.39, 0.29) is 0 Å². The number of aryl methyl sites for hydroxylation is 2. The van der Waals surface area contributed by atoms with Crippen molar-refractivity contribution in [1.29, 1.82) is 0 Å². The van der Waals surface area contributed by atoms with Crippen molar-refractivity contribution in [3.8, 4) is 0 Å². The van der Waals surface area contributed by atoms with E-state index in [4.69, 9.17) is 0 Å². The standard InChI is InChI=1S/C45H58N6S2/c1-46-40-18-7-9-20-42(40)52-44(46)22-11-16-38-24-30-48(31-25-38)28-13-34-50(3,4)36-15-37-51(5,6)35-14-29-49-32-26-39(27-33-49)17-12-23-45-47(2)41-19-8-10-21-43(41)53-45/h7-12,16-27,30-33H,13-15,28-29,34-37H2,1-6H3/q+4. The van der Waals surface area contributed by atoms with Gasteiger partial charge in [0.2, 0.25) is 0 Å². The second-order valence-corrected chi connectivity index (χ2v) is 17.7. The minimum Gasteiger partial charge on any atom is -0.338 e. The molecule has 6 nitrogen and oxygen atoms in total. The van der Waals surface area contributed by atoms with E-state index in [1.807, 2.05) is 23.5 Å². The van der Waals surface area contributed by atoms with E-state index in [9.17, 15) is 0 Å². The number of aromatic nitrogens is 2. The van der Waals surface area contributed by atoms with Gasteiger partial charge in [-0.25, -0.2) is 9.13 Å². The van der Waals surface area contributed by atoms with Gasteiger partial charge in [0.15, 0.2) is 37.9 Å². The van der Waals surface area contributed by atoms with Gasteiger partial charge in [-0.2, -0.15) is 0 Å². The van der Waals surface area contributed by atoms with Crippen molar-refractivity contribution in [3.05, 3.63) is 143 Å². The molecule has 0 radical (unpaired) electrons. The molecule has 2 aromatic heterocycles. The lowest BCUT2D eigenvalue weighted by molar-refractivity contribution is -0.911. The van der Waals surface area contributed by atoms with Crippen LogP contribution in [0.1, 0.15) is 30.4 Å². The molecule has 0 aliphatic carbocycles. The molecule has 0 saturated heterocycles. The fourth-order valence-electron chi connectivity index (χ4n) is 6.99. The summed E-state index contributed by atoms with van der Waals surface area (Å²) in [6, 6.07) is 26.0. The molecule has 4 heterocycles. The van der Waals surface area contributed by atoms with Crippen LogP contribution in [0.25, 0.3) is 12.2 Å². The molecule has 0 saturated carbocycles. The lowest BCUT2D eigenvalue weighted by Gasteiger charge is -2.33. The molecule has 4 aromatic rings. The molecule has 0 N–H and O–H groups in total. The van der Waals surface area contributed by atoms with Crippen molar-refractivity contribution < 1.29 is 18.1 Å². The molecule has 2 aromatic carbocycles. The van der Waals surface area contributed by atoms with Crippen LogP contribution in [0.5, 0.6) is 0 Å². The molecule has 0 amide bonds. The van der Waals surface area contributed by atoms with Gasteiger partial charge in [-0.1, -0.05) is 72.1 Å². The molecular formula is C45H58N6S2+4. The first-order chi connectivity index (χ1) is 25.6. The molecule has 276 valence electrons. The highest BCUT2D eigenvalue weighted by Gasteiger charge is 2.23.